The summed E-state index contributed by atoms with van der Waals surface area (Å²) in [5.74, 6) is -0.169. The number of amides is 1. The molecule has 2 aromatic carbocycles. The van der Waals surface area contributed by atoms with E-state index in [1.165, 1.54) is 0 Å². The van der Waals surface area contributed by atoms with Gasteiger partial charge in [-0.1, -0.05) is 29.8 Å². The maximum absolute atomic E-state index is 12.5. The number of hydrogen-bond donors (Lipinski definition) is 3. The number of benzene rings is 2. The van der Waals surface area contributed by atoms with Gasteiger partial charge in [-0.05, 0) is 56.4 Å². The fourth-order valence-electron chi connectivity index (χ4n) is 4.06. The number of aryl methyl sites for hydroxylation is 1. The molecule has 28 heavy (non-hydrogen) atoms. The predicted molar refractivity (Wildman–Crippen MR) is 108 cm³/mol. The zero-order valence-corrected chi connectivity index (χ0v) is 15.9. The summed E-state index contributed by atoms with van der Waals surface area (Å²) < 4.78 is 1.77. The summed E-state index contributed by atoms with van der Waals surface area (Å²) in [6.07, 6.45) is 2.73. The lowest BCUT2D eigenvalue weighted by Gasteiger charge is -2.26. The predicted octanol–water partition coefficient (Wildman–Crippen LogP) is 3.04. The van der Waals surface area contributed by atoms with E-state index in [0.717, 1.165) is 29.5 Å². The smallest absolute Gasteiger partial charge is 0.326 e. The number of aliphatic hydroxyl groups is 1. The van der Waals surface area contributed by atoms with E-state index in [1.54, 1.807) is 16.7 Å². The van der Waals surface area contributed by atoms with E-state index < -0.39 is 0 Å². The Bertz CT molecular complexity index is 1060. The van der Waals surface area contributed by atoms with Crippen LogP contribution in [0.1, 0.15) is 53.2 Å². The van der Waals surface area contributed by atoms with Gasteiger partial charge in [-0.3, -0.25) is 9.36 Å². The molecular formula is C22H25N3O3. The van der Waals surface area contributed by atoms with Crippen molar-refractivity contribution in [2.75, 3.05) is 0 Å². The van der Waals surface area contributed by atoms with Gasteiger partial charge in [-0.25, -0.2) is 4.79 Å². The van der Waals surface area contributed by atoms with Gasteiger partial charge in [0.2, 0.25) is 0 Å². The van der Waals surface area contributed by atoms with Crippen LogP contribution >= 0.6 is 0 Å². The number of H-pyrrole nitrogens is 1. The number of carbonyl (C=O) groups is 1. The molecule has 146 valence electrons. The number of aliphatic hydroxyl groups excluding tert-OH is 1. The van der Waals surface area contributed by atoms with Crippen molar-refractivity contribution in [3.63, 3.8) is 0 Å². The van der Waals surface area contributed by atoms with E-state index in [-0.39, 0.29) is 23.7 Å². The van der Waals surface area contributed by atoms with Crippen molar-refractivity contribution in [2.45, 2.75) is 51.3 Å². The molecule has 3 aromatic rings. The Hall–Kier alpha value is -2.86. The Kier molecular flexibility index (Phi) is 5.05. The summed E-state index contributed by atoms with van der Waals surface area (Å²) in [6.45, 7) is 2.48. The van der Waals surface area contributed by atoms with Crippen molar-refractivity contribution in [3.05, 3.63) is 69.6 Å². The molecule has 1 aromatic heterocycles. The van der Waals surface area contributed by atoms with Crippen molar-refractivity contribution >= 4 is 16.9 Å². The van der Waals surface area contributed by atoms with E-state index in [0.29, 0.717) is 30.5 Å². The third-order valence-corrected chi connectivity index (χ3v) is 5.55. The van der Waals surface area contributed by atoms with Crippen LogP contribution in [-0.2, 0) is 6.54 Å². The molecule has 3 N–H and O–H groups in total. The van der Waals surface area contributed by atoms with E-state index in [9.17, 15) is 14.7 Å². The highest BCUT2D eigenvalue weighted by Crippen LogP contribution is 2.29. The third kappa shape index (κ3) is 3.73. The number of aromatic nitrogens is 2. The van der Waals surface area contributed by atoms with E-state index >= 15 is 0 Å². The molecule has 1 aliphatic carbocycles. The molecule has 0 bridgehead atoms. The molecule has 1 aliphatic rings. The fraction of sp³-hybridized carbons (Fsp3) is 0.364. The van der Waals surface area contributed by atoms with Crippen molar-refractivity contribution < 1.29 is 9.90 Å². The highest BCUT2D eigenvalue weighted by Gasteiger charge is 2.24. The van der Waals surface area contributed by atoms with Gasteiger partial charge in [0, 0.05) is 18.2 Å². The highest BCUT2D eigenvalue weighted by atomic mass is 16.3. The maximum Gasteiger partial charge on any atom is 0.326 e. The summed E-state index contributed by atoms with van der Waals surface area (Å²) in [5.41, 5.74) is 4.04. The average molecular weight is 379 g/mol. The van der Waals surface area contributed by atoms with Crippen LogP contribution < -0.4 is 11.0 Å². The van der Waals surface area contributed by atoms with E-state index in [1.807, 2.05) is 37.3 Å². The quantitative estimate of drug-likeness (QED) is 0.651. The summed E-state index contributed by atoms with van der Waals surface area (Å²) >= 11 is 0. The fourth-order valence-corrected chi connectivity index (χ4v) is 4.06. The van der Waals surface area contributed by atoms with Crippen LogP contribution in [0, 0.1) is 6.92 Å². The third-order valence-electron chi connectivity index (χ3n) is 5.55. The molecule has 6 heteroatoms. The molecule has 0 atom stereocenters. The molecule has 1 amide bonds. The monoisotopic (exact) mass is 379 g/mol. The molecule has 1 fully saturated rings. The zero-order chi connectivity index (χ0) is 19.7. The van der Waals surface area contributed by atoms with Gasteiger partial charge in [0.25, 0.3) is 5.91 Å². The second-order valence-electron chi connectivity index (χ2n) is 7.67. The maximum atomic E-state index is 12.5. The van der Waals surface area contributed by atoms with Gasteiger partial charge in [0.05, 0.1) is 17.1 Å². The molecule has 0 radical (unpaired) electrons. The lowest BCUT2D eigenvalue weighted by atomic mass is 9.93. The first-order valence-electron chi connectivity index (χ1n) is 9.77. The van der Waals surface area contributed by atoms with Crippen LogP contribution in [0.4, 0.5) is 0 Å². The molecule has 4 rings (SSSR count). The summed E-state index contributed by atoms with van der Waals surface area (Å²) in [5, 5.41) is 12.6. The van der Waals surface area contributed by atoms with Gasteiger partial charge < -0.3 is 15.4 Å². The first-order valence-corrected chi connectivity index (χ1v) is 9.77. The van der Waals surface area contributed by atoms with Crippen LogP contribution in [-0.4, -0.2) is 26.7 Å². The second kappa shape index (κ2) is 7.64. The normalized spacial score (nSPS) is 19.6. The number of carbonyl (C=O) groups excluding carboxylic acids is 1. The Morgan fingerprint density at radius 2 is 1.96 bits per heavy atom. The summed E-state index contributed by atoms with van der Waals surface area (Å²) in [7, 11) is 0. The van der Waals surface area contributed by atoms with Crippen LogP contribution in [0.15, 0.2) is 47.3 Å². The van der Waals surface area contributed by atoms with Crippen LogP contribution in [0.25, 0.3) is 11.0 Å². The number of nitrogens with one attached hydrogen (secondary N) is 2. The van der Waals surface area contributed by atoms with Crippen molar-refractivity contribution in [1.29, 1.82) is 0 Å². The molecule has 6 nitrogen and oxygen atoms in total. The van der Waals surface area contributed by atoms with Crippen molar-refractivity contribution in [1.82, 2.24) is 14.9 Å². The van der Waals surface area contributed by atoms with Gasteiger partial charge >= 0.3 is 5.69 Å². The largest absolute Gasteiger partial charge is 0.393 e. The first kappa shape index (κ1) is 18.5. The van der Waals surface area contributed by atoms with E-state index in [2.05, 4.69) is 10.3 Å². The van der Waals surface area contributed by atoms with Crippen LogP contribution in [0.5, 0.6) is 0 Å². The Balaban J connectivity index is 1.53. The molecule has 0 aliphatic heterocycles. The summed E-state index contributed by atoms with van der Waals surface area (Å²) in [4.78, 5) is 27.9. The topological polar surface area (TPSA) is 87.1 Å². The molecule has 0 spiro atoms. The van der Waals surface area contributed by atoms with E-state index in [4.69, 9.17) is 0 Å². The Labute approximate surface area is 163 Å². The van der Waals surface area contributed by atoms with Crippen molar-refractivity contribution in [3.8, 4) is 0 Å². The average Bonchev–Trinajstić information content (AvgIpc) is 3.02. The van der Waals surface area contributed by atoms with Gasteiger partial charge in [-0.15, -0.1) is 0 Å². The number of fused-ring (bicyclic) bond motifs is 1. The number of nitrogens with zero attached hydrogens (tertiary/aromatic N) is 1. The Morgan fingerprint density at radius 3 is 2.71 bits per heavy atom. The van der Waals surface area contributed by atoms with Gasteiger partial charge in [-0.2, -0.15) is 0 Å². The summed E-state index contributed by atoms with van der Waals surface area (Å²) in [6, 6.07) is 13.4. The standard InChI is InChI=1S/C22H25N3O3/c1-14-3-2-4-15(11-14)13-23-21(27)16-5-10-20-19(12-16)24-22(28)25(20)17-6-8-18(26)9-7-17/h2-5,10-12,17-18,26H,6-9,13H2,1H3,(H,23,27)(H,24,28). The minimum atomic E-state index is -0.263. The first-order chi connectivity index (χ1) is 13.5. The van der Waals surface area contributed by atoms with Gasteiger partial charge in [0.15, 0.2) is 0 Å². The van der Waals surface area contributed by atoms with Crippen LogP contribution in [0.3, 0.4) is 0 Å². The lowest BCUT2D eigenvalue weighted by molar-refractivity contribution is 0.0951. The minimum absolute atomic E-state index is 0.0886. The number of imidazole rings is 1. The van der Waals surface area contributed by atoms with Gasteiger partial charge in [0.1, 0.15) is 0 Å². The molecular weight excluding hydrogens is 354 g/mol. The number of rotatable bonds is 4. The second-order valence-corrected chi connectivity index (χ2v) is 7.67. The number of aromatic amines is 1. The molecule has 0 saturated heterocycles. The molecule has 0 unspecified atom stereocenters. The number of hydrogen-bond acceptors (Lipinski definition) is 3. The minimum Gasteiger partial charge on any atom is -0.393 e. The SMILES string of the molecule is Cc1cccc(CNC(=O)c2ccc3c(c2)[nH]c(=O)n3C2CCC(O)CC2)c1. The van der Waals surface area contributed by atoms with Crippen molar-refractivity contribution in [2.24, 2.45) is 0 Å². The Morgan fingerprint density at radius 1 is 1.18 bits per heavy atom. The molecule has 1 heterocycles. The van der Waals surface area contributed by atoms with Crippen LogP contribution in [0.2, 0.25) is 0 Å². The molecule has 1 saturated carbocycles. The zero-order valence-electron chi connectivity index (χ0n) is 15.9. The highest BCUT2D eigenvalue weighted by molar-refractivity contribution is 5.97. The lowest BCUT2D eigenvalue weighted by Crippen LogP contribution is -2.27.